The minimum atomic E-state index is 0.108. The number of ketones is 1. The molecule has 6 heteroatoms. The fraction of sp³-hybridized carbons (Fsp3) is 0.429. The molecule has 6 nitrogen and oxygen atoms in total. The van der Waals surface area contributed by atoms with E-state index in [9.17, 15) is 4.79 Å². The number of nitrogens with zero attached hydrogens (tertiary/aromatic N) is 4. The van der Waals surface area contributed by atoms with Crippen LogP contribution in [0.5, 0.6) is 0 Å². The Morgan fingerprint density at radius 2 is 2.04 bits per heavy atom. The van der Waals surface area contributed by atoms with Crippen LogP contribution in [0.15, 0.2) is 36.9 Å². The van der Waals surface area contributed by atoms with Gasteiger partial charge < -0.3 is 9.30 Å². The molecule has 0 N–H and O–H groups in total. The Balaban J connectivity index is 1.52. The average molecular weight is 364 g/mol. The van der Waals surface area contributed by atoms with E-state index in [1.165, 1.54) is 0 Å². The van der Waals surface area contributed by atoms with Crippen LogP contribution in [0.3, 0.4) is 0 Å². The van der Waals surface area contributed by atoms with Crippen molar-refractivity contribution in [1.82, 2.24) is 19.5 Å². The normalized spacial score (nSPS) is 20.1. The van der Waals surface area contributed by atoms with Crippen molar-refractivity contribution in [2.24, 2.45) is 13.0 Å². The Kier molecular flexibility index (Phi) is 4.99. The van der Waals surface area contributed by atoms with Gasteiger partial charge in [-0.2, -0.15) is 0 Å². The molecule has 0 saturated heterocycles. The minimum Gasteiger partial charge on any atom is -0.381 e. The van der Waals surface area contributed by atoms with E-state index >= 15 is 0 Å². The highest BCUT2D eigenvalue weighted by Crippen LogP contribution is 2.27. The second kappa shape index (κ2) is 7.56. The lowest BCUT2D eigenvalue weighted by atomic mass is 9.83. The van der Waals surface area contributed by atoms with E-state index in [1.807, 2.05) is 36.0 Å². The first-order chi connectivity index (χ1) is 13.1. The third kappa shape index (κ3) is 3.76. The van der Waals surface area contributed by atoms with E-state index in [4.69, 9.17) is 4.74 Å². The second-order valence-electron chi connectivity index (χ2n) is 7.30. The summed E-state index contributed by atoms with van der Waals surface area (Å²) in [4.78, 5) is 25.9. The monoisotopic (exact) mass is 364 g/mol. The molecule has 0 bridgehead atoms. The largest absolute Gasteiger partial charge is 0.381 e. The smallest absolute Gasteiger partial charge is 0.143 e. The first kappa shape index (κ1) is 17.8. The number of ether oxygens (including phenoxy) is 1. The Morgan fingerprint density at radius 1 is 1.22 bits per heavy atom. The average Bonchev–Trinajstić information content (AvgIpc) is 3.13. The van der Waals surface area contributed by atoms with Crippen LogP contribution in [0, 0.1) is 5.92 Å². The Hall–Kier alpha value is -2.60. The molecule has 0 amide bonds. The lowest BCUT2D eigenvalue weighted by Gasteiger charge is -2.26. The summed E-state index contributed by atoms with van der Waals surface area (Å²) in [5, 5.41) is 0.970. The molecular formula is C21H24N4O2. The zero-order valence-corrected chi connectivity index (χ0v) is 15.8. The molecule has 3 aromatic rings. The van der Waals surface area contributed by atoms with Crippen molar-refractivity contribution in [3.05, 3.63) is 42.7 Å². The summed E-state index contributed by atoms with van der Waals surface area (Å²) in [6.07, 6.45) is 9.74. The summed E-state index contributed by atoms with van der Waals surface area (Å²) < 4.78 is 7.37. The number of hydrogen-bond acceptors (Lipinski definition) is 5. The van der Waals surface area contributed by atoms with Crippen molar-refractivity contribution in [2.45, 2.75) is 38.2 Å². The minimum absolute atomic E-state index is 0.108. The topological polar surface area (TPSA) is 69.9 Å². The Bertz CT molecular complexity index is 958. The maximum Gasteiger partial charge on any atom is 0.143 e. The summed E-state index contributed by atoms with van der Waals surface area (Å²) >= 11 is 0. The van der Waals surface area contributed by atoms with Gasteiger partial charge in [0.25, 0.3) is 0 Å². The van der Waals surface area contributed by atoms with Crippen molar-refractivity contribution in [3.63, 3.8) is 0 Å². The highest BCUT2D eigenvalue weighted by molar-refractivity contribution is 5.85. The lowest BCUT2D eigenvalue weighted by molar-refractivity contribution is -0.124. The summed E-state index contributed by atoms with van der Waals surface area (Å²) in [5.41, 5.74) is 2.94. The SMILES string of the molecule is COC1CCC(C(=O)Cc2ncc3ccc(-c4cncn4C)cc3n2)CC1. The number of benzene rings is 1. The van der Waals surface area contributed by atoms with Crippen molar-refractivity contribution < 1.29 is 9.53 Å². The third-order valence-corrected chi connectivity index (χ3v) is 5.54. The van der Waals surface area contributed by atoms with Crippen LogP contribution >= 0.6 is 0 Å². The van der Waals surface area contributed by atoms with Crippen LogP contribution in [0.1, 0.15) is 31.5 Å². The third-order valence-electron chi connectivity index (χ3n) is 5.54. The zero-order chi connectivity index (χ0) is 18.8. The second-order valence-corrected chi connectivity index (χ2v) is 7.30. The lowest BCUT2D eigenvalue weighted by Crippen LogP contribution is -2.26. The van der Waals surface area contributed by atoms with Gasteiger partial charge in [-0.3, -0.25) is 4.79 Å². The molecular weight excluding hydrogens is 340 g/mol. The summed E-state index contributed by atoms with van der Waals surface area (Å²) in [7, 11) is 3.71. The molecule has 27 heavy (non-hydrogen) atoms. The molecule has 1 aliphatic rings. The van der Waals surface area contributed by atoms with E-state index in [2.05, 4.69) is 15.0 Å². The van der Waals surface area contributed by atoms with E-state index in [1.54, 1.807) is 19.6 Å². The van der Waals surface area contributed by atoms with Crippen molar-refractivity contribution in [2.75, 3.05) is 7.11 Å². The highest BCUT2D eigenvalue weighted by Gasteiger charge is 2.26. The molecule has 0 atom stereocenters. The number of carbonyl (C=O) groups excluding carboxylic acids is 1. The van der Waals surface area contributed by atoms with Gasteiger partial charge in [-0.15, -0.1) is 0 Å². The maximum absolute atomic E-state index is 12.7. The molecule has 0 aliphatic heterocycles. The van der Waals surface area contributed by atoms with Gasteiger partial charge in [0, 0.05) is 37.2 Å². The molecule has 1 aliphatic carbocycles. The number of Topliss-reactive ketones (excluding diaryl/α,β-unsaturated/α-hetero) is 1. The molecule has 2 heterocycles. The van der Waals surface area contributed by atoms with Crippen molar-refractivity contribution in [1.29, 1.82) is 0 Å². The first-order valence-corrected chi connectivity index (χ1v) is 9.42. The first-order valence-electron chi connectivity index (χ1n) is 9.42. The van der Waals surface area contributed by atoms with Crippen LogP contribution in [-0.4, -0.2) is 38.5 Å². The van der Waals surface area contributed by atoms with Gasteiger partial charge in [0.1, 0.15) is 11.6 Å². The van der Waals surface area contributed by atoms with Crippen LogP contribution in [0.25, 0.3) is 22.2 Å². The highest BCUT2D eigenvalue weighted by atomic mass is 16.5. The van der Waals surface area contributed by atoms with Crippen LogP contribution in [0.2, 0.25) is 0 Å². The molecule has 2 aromatic heterocycles. The summed E-state index contributed by atoms with van der Waals surface area (Å²) in [6.45, 7) is 0. The van der Waals surface area contributed by atoms with Crippen LogP contribution in [0.4, 0.5) is 0 Å². The van der Waals surface area contributed by atoms with E-state index in [-0.39, 0.29) is 11.7 Å². The number of aryl methyl sites for hydroxylation is 1. The van der Waals surface area contributed by atoms with Crippen LogP contribution in [-0.2, 0) is 23.0 Å². The summed E-state index contributed by atoms with van der Waals surface area (Å²) in [6, 6.07) is 6.09. The van der Waals surface area contributed by atoms with Gasteiger partial charge in [-0.05, 0) is 31.7 Å². The number of fused-ring (bicyclic) bond motifs is 1. The van der Waals surface area contributed by atoms with Gasteiger partial charge in [-0.25, -0.2) is 15.0 Å². The maximum atomic E-state index is 12.7. The molecule has 1 aromatic carbocycles. The molecule has 0 spiro atoms. The van der Waals surface area contributed by atoms with Crippen LogP contribution < -0.4 is 0 Å². The number of rotatable bonds is 5. The predicted octanol–water partition coefficient (Wildman–Crippen LogP) is 3.35. The summed E-state index contributed by atoms with van der Waals surface area (Å²) in [5.74, 6) is 0.951. The Labute approximate surface area is 158 Å². The fourth-order valence-electron chi connectivity index (χ4n) is 3.86. The van der Waals surface area contributed by atoms with Crippen molar-refractivity contribution >= 4 is 16.7 Å². The molecule has 0 radical (unpaired) electrons. The number of imidazole rings is 1. The number of hydrogen-bond donors (Lipinski definition) is 0. The zero-order valence-electron chi connectivity index (χ0n) is 15.8. The van der Waals surface area contributed by atoms with Gasteiger partial charge in [-0.1, -0.05) is 12.1 Å². The molecule has 140 valence electrons. The Morgan fingerprint density at radius 3 is 2.74 bits per heavy atom. The van der Waals surface area contributed by atoms with Gasteiger partial charge in [0.15, 0.2) is 0 Å². The van der Waals surface area contributed by atoms with E-state index < -0.39 is 0 Å². The standard InChI is InChI=1S/C21H24N4O2/c1-25-13-22-12-19(25)15-3-4-16-11-23-21(24-18(16)9-15)10-20(26)14-5-7-17(27-2)8-6-14/h3-4,9,11-14,17H,5-8,10H2,1-2H3. The molecule has 4 rings (SSSR count). The molecule has 0 unspecified atom stereocenters. The number of carbonyl (C=O) groups is 1. The quantitative estimate of drug-likeness (QED) is 0.694. The van der Waals surface area contributed by atoms with Crippen molar-refractivity contribution in [3.8, 4) is 11.3 Å². The van der Waals surface area contributed by atoms with Gasteiger partial charge >= 0.3 is 0 Å². The van der Waals surface area contributed by atoms with E-state index in [0.29, 0.717) is 18.3 Å². The number of aromatic nitrogens is 4. The fourth-order valence-corrected chi connectivity index (χ4v) is 3.86. The molecule has 1 saturated carbocycles. The predicted molar refractivity (Wildman–Crippen MR) is 103 cm³/mol. The van der Waals surface area contributed by atoms with Gasteiger partial charge in [0.05, 0.1) is 36.3 Å². The van der Waals surface area contributed by atoms with E-state index in [0.717, 1.165) is 47.8 Å². The van der Waals surface area contributed by atoms with Gasteiger partial charge in [0.2, 0.25) is 0 Å². The number of methoxy groups -OCH3 is 1. The molecule has 1 fully saturated rings.